The fraction of sp³-hybridized carbons (Fsp3) is 0.625. The van der Waals surface area contributed by atoms with Crippen LogP contribution in [0.15, 0.2) is 18.2 Å². The van der Waals surface area contributed by atoms with Gasteiger partial charge in [0.25, 0.3) is 0 Å². The van der Waals surface area contributed by atoms with Crippen LogP contribution in [-0.2, 0) is 9.84 Å². The molecule has 0 amide bonds. The van der Waals surface area contributed by atoms with E-state index in [2.05, 4.69) is 5.32 Å². The average Bonchev–Trinajstić information content (AvgIpc) is 2.44. The van der Waals surface area contributed by atoms with Gasteiger partial charge < -0.3 is 5.32 Å². The quantitative estimate of drug-likeness (QED) is 0.919. The van der Waals surface area contributed by atoms with E-state index in [0.29, 0.717) is 12.3 Å². The first-order valence-electron chi connectivity index (χ1n) is 7.45. The lowest BCUT2D eigenvalue weighted by Gasteiger charge is -2.34. The summed E-state index contributed by atoms with van der Waals surface area (Å²) in [5.74, 6) is 0.308. The lowest BCUT2D eigenvalue weighted by atomic mass is 9.80. The highest BCUT2D eigenvalue weighted by atomic mass is 35.5. The predicted molar refractivity (Wildman–Crippen MR) is 88.6 cm³/mol. The number of benzene rings is 1. The van der Waals surface area contributed by atoms with Crippen LogP contribution in [0.3, 0.4) is 0 Å². The first kappa shape index (κ1) is 16.8. The van der Waals surface area contributed by atoms with Crippen molar-refractivity contribution in [2.75, 3.05) is 13.3 Å². The normalized spacial score (nSPS) is 24.8. The Morgan fingerprint density at radius 2 is 2.05 bits per heavy atom. The molecule has 3 unspecified atom stereocenters. The summed E-state index contributed by atoms with van der Waals surface area (Å²) in [6.45, 7) is 2.00. The topological polar surface area (TPSA) is 46.2 Å². The van der Waals surface area contributed by atoms with E-state index in [0.717, 1.165) is 35.4 Å². The van der Waals surface area contributed by atoms with Crippen LogP contribution < -0.4 is 5.32 Å². The predicted octanol–water partition coefficient (Wildman–Crippen LogP) is 3.51. The molecule has 0 bridgehead atoms. The molecule has 1 N–H and O–H groups in total. The second-order valence-corrected chi connectivity index (χ2v) is 8.83. The third kappa shape index (κ3) is 3.79. The third-order valence-electron chi connectivity index (χ3n) is 4.61. The molecule has 0 aromatic heterocycles. The Labute approximate surface area is 133 Å². The molecule has 1 aliphatic rings. The molecule has 1 aromatic rings. The Hall–Kier alpha value is -0.580. The van der Waals surface area contributed by atoms with Gasteiger partial charge in [-0.3, -0.25) is 0 Å². The average molecular weight is 330 g/mol. The van der Waals surface area contributed by atoms with E-state index in [1.807, 2.05) is 32.2 Å². The van der Waals surface area contributed by atoms with E-state index in [1.54, 1.807) is 0 Å². The van der Waals surface area contributed by atoms with Gasteiger partial charge >= 0.3 is 0 Å². The van der Waals surface area contributed by atoms with E-state index in [4.69, 9.17) is 11.6 Å². The summed E-state index contributed by atoms with van der Waals surface area (Å²) in [5, 5.41) is 3.93. The molecule has 0 aliphatic heterocycles. The van der Waals surface area contributed by atoms with Crippen LogP contribution in [0, 0.1) is 12.8 Å². The molecule has 0 spiro atoms. The molecule has 118 valence electrons. The minimum atomic E-state index is -2.96. The van der Waals surface area contributed by atoms with E-state index in [1.165, 1.54) is 6.26 Å². The van der Waals surface area contributed by atoms with Gasteiger partial charge in [0.2, 0.25) is 0 Å². The Morgan fingerprint density at radius 3 is 2.67 bits per heavy atom. The fourth-order valence-corrected chi connectivity index (χ4v) is 4.86. The number of aryl methyl sites for hydroxylation is 1. The molecular weight excluding hydrogens is 306 g/mol. The third-order valence-corrected chi connectivity index (χ3v) is 6.77. The van der Waals surface area contributed by atoms with Crippen molar-refractivity contribution in [1.29, 1.82) is 0 Å². The lowest BCUT2D eigenvalue weighted by Crippen LogP contribution is -2.34. The lowest BCUT2D eigenvalue weighted by molar-refractivity contribution is 0.282. The molecule has 21 heavy (non-hydrogen) atoms. The van der Waals surface area contributed by atoms with Crippen molar-refractivity contribution in [2.45, 2.75) is 43.9 Å². The molecule has 1 aromatic carbocycles. The van der Waals surface area contributed by atoms with Gasteiger partial charge in [-0.05, 0) is 50.3 Å². The van der Waals surface area contributed by atoms with Gasteiger partial charge in [-0.2, -0.15) is 0 Å². The van der Waals surface area contributed by atoms with Crippen molar-refractivity contribution in [3.8, 4) is 0 Å². The summed E-state index contributed by atoms with van der Waals surface area (Å²) in [6.07, 6.45) is 4.86. The maximum atomic E-state index is 11.9. The van der Waals surface area contributed by atoms with E-state index < -0.39 is 9.84 Å². The summed E-state index contributed by atoms with van der Waals surface area (Å²) in [4.78, 5) is 0. The largest absolute Gasteiger partial charge is 0.313 e. The van der Waals surface area contributed by atoms with Gasteiger partial charge in [0.1, 0.15) is 9.84 Å². The van der Waals surface area contributed by atoms with Crippen LogP contribution in [0.2, 0.25) is 5.02 Å². The zero-order valence-corrected chi connectivity index (χ0v) is 14.5. The van der Waals surface area contributed by atoms with Gasteiger partial charge in [-0.1, -0.05) is 36.2 Å². The van der Waals surface area contributed by atoms with Crippen LogP contribution in [0.1, 0.15) is 42.9 Å². The van der Waals surface area contributed by atoms with Crippen molar-refractivity contribution < 1.29 is 8.42 Å². The Balaban J connectivity index is 2.27. The molecule has 3 atom stereocenters. The van der Waals surface area contributed by atoms with E-state index in [9.17, 15) is 8.42 Å². The van der Waals surface area contributed by atoms with E-state index in [-0.39, 0.29) is 11.3 Å². The highest BCUT2D eigenvalue weighted by Gasteiger charge is 2.33. The Kier molecular flexibility index (Phi) is 5.33. The van der Waals surface area contributed by atoms with Crippen molar-refractivity contribution >= 4 is 21.4 Å². The zero-order chi connectivity index (χ0) is 15.6. The first-order chi connectivity index (χ1) is 9.84. The molecule has 0 saturated heterocycles. The summed E-state index contributed by atoms with van der Waals surface area (Å²) >= 11 is 6.45. The molecule has 0 heterocycles. The Morgan fingerprint density at radius 1 is 1.33 bits per heavy atom. The molecular formula is C16H24ClNO2S. The standard InChI is InChI=1S/C16H24ClNO2S/c1-11-6-4-9-14(15(11)17)16(18-2)12-7-5-8-13(10-12)21(3,19)20/h4,6,9,12-13,16,18H,5,7-8,10H2,1-3H3. The van der Waals surface area contributed by atoms with Gasteiger partial charge in [-0.15, -0.1) is 0 Å². The number of hydrogen-bond donors (Lipinski definition) is 1. The molecule has 5 heteroatoms. The highest BCUT2D eigenvalue weighted by Crippen LogP contribution is 2.39. The summed E-state index contributed by atoms with van der Waals surface area (Å²) in [7, 11) is -1.04. The second kappa shape index (κ2) is 6.67. The van der Waals surface area contributed by atoms with Gasteiger partial charge in [0, 0.05) is 17.3 Å². The molecule has 1 fully saturated rings. The summed E-state index contributed by atoms with van der Waals surface area (Å²) in [5.41, 5.74) is 2.14. The number of nitrogens with one attached hydrogen (secondary N) is 1. The molecule has 0 radical (unpaired) electrons. The molecule has 1 aliphatic carbocycles. The molecule has 1 saturated carbocycles. The SMILES string of the molecule is CNC(c1cccc(C)c1Cl)C1CCCC(S(C)(=O)=O)C1. The molecule has 2 rings (SSSR count). The minimum Gasteiger partial charge on any atom is -0.313 e. The van der Waals surface area contributed by atoms with Crippen LogP contribution in [0.25, 0.3) is 0 Å². The van der Waals surface area contributed by atoms with Crippen molar-refractivity contribution in [1.82, 2.24) is 5.32 Å². The Bertz CT molecular complexity index is 600. The van der Waals surface area contributed by atoms with Crippen LogP contribution in [-0.4, -0.2) is 27.0 Å². The van der Waals surface area contributed by atoms with Gasteiger partial charge in [0.05, 0.1) is 5.25 Å². The summed E-state index contributed by atoms with van der Waals surface area (Å²) in [6, 6.07) is 6.17. The van der Waals surface area contributed by atoms with Crippen molar-refractivity contribution in [3.63, 3.8) is 0 Å². The highest BCUT2D eigenvalue weighted by molar-refractivity contribution is 7.91. The van der Waals surface area contributed by atoms with Gasteiger partial charge in [-0.25, -0.2) is 8.42 Å². The second-order valence-electron chi connectivity index (χ2n) is 6.12. The maximum absolute atomic E-state index is 11.9. The van der Waals surface area contributed by atoms with E-state index >= 15 is 0 Å². The van der Waals surface area contributed by atoms with Gasteiger partial charge in [0.15, 0.2) is 0 Å². The minimum absolute atomic E-state index is 0.113. The maximum Gasteiger partial charge on any atom is 0.150 e. The van der Waals surface area contributed by atoms with Crippen LogP contribution in [0.5, 0.6) is 0 Å². The van der Waals surface area contributed by atoms with Crippen molar-refractivity contribution in [3.05, 3.63) is 34.3 Å². The number of rotatable bonds is 4. The molecule has 3 nitrogen and oxygen atoms in total. The number of halogens is 1. The van der Waals surface area contributed by atoms with Crippen LogP contribution in [0.4, 0.5) is 0 Å². The first-order valence-corrected chi connectivity index (χ1v) is 9.79. The summed E-state index contributed by atoms with van der Waals surface area (Å²) < 4.78 is 23.7. The monoisotopic (exact) mass is 329 g/mol. The smallest absolute Gasteiger partial charge is 0.150 e. The zero-order valence-electron chi connectivity index (χ0n) is 12.9. The fourth-order valence-electron chi connectivity index (χ4n) is 3.43. The van der Waals surface area contributed by atoms with Crippen molar-refractivity contribution in [2.24, 2.45) is 5.92 Å². The number of hydrogen-bond acceptors (Lipinski definition) is 3. The van der Waals surface area contributed by atoms with Crippen LogP contribution >= 0.6 is 11.6 Å². The number of sulfone groups is 1.